The van der Waals surface area contributed by atoms with Crippen LogP contribution >= 0.6 is 0 Å². The summed E-state index contributed by atoms with van der Waals surface area (Å²) in [6.45, 7) is 3.86. The van der Waals surface area contributed by atoms with Gasteiger partial charge in [0.2, 0.25) is 5.91 Å². The second-order valence-electron chi connectivity index (χ2n) is 4.55. The maximum absolute atomic E-state index is 13.0. The van der Waals surface area contributed by atoms with E-state index in [1.165, 1.54) is 6.07 Å². The summed E-state index contributed by atoms with van der Waals surface area (Å²) in [4.78, 5) is 11.8. The molecule has 0 saturated carbocycles. The Morgan fingerprint density at radius 2 is 2.00 bits per heavy atom. The van der Waals surface area contributed by atoms with Gasteiger partial charge in [-0.05, 0) is 38.0 Å². The number of nitrogens with one attached hydrogen (secondary N) is 1. The van der Waals surface area contributed by atoms with Crippen LogP contribution < -0.4 is 11.1 Å². The molecular formula is C13H18F2N2O. The van der Waals surface area contributed by atoms with Crippen LogP contribution in [0.1, 0.15) is 19.4 Å². The first-order valence-electron chi connectivity index (χ1n) is 5.88. The van der Waals surface area contributed by atoms with Crippen molar-refractivity contribution in [2.75, 3.05) is 6.54 Å². The van der Waals surface area contributed by atoms with Gasteiger partial charge >= 0.3 is 0 Å². The van der Waals surface area contributed by atoms with Crippen LogP contribution in [-0.2, 0) is 11.2 Å². The average Bonchev–Trinajstić information content (AvgIpc) is 2.29. The van der Waals surface area contributed by atoms with E-state index in [4.69, 9.17) is 5.73 Å². The number of nitrogens with two attached hydrogens (primary N) is 1. The monoisotopic (exact) mass is 256 g/mol. The summed E-state index contributed by atoms with van der Waals surface area (Å²) in [6.07, 6.45) is 0.298. The Kier molecular flexibility index (Phi) is 5.22. The van der Waals surface area contributed by atoms with Crippen LogP contribution in [0.5, 0.6) is 0 Å². The molecule has 1 rings (SSSR count). The van der Waals surface area contributed by atoms with Gasteiger partial charge in [-0.25, -0.2) is 8.78 Å². The zero-order valence-corrected chi connectivity index (χ0v) is 10.5. The number of rotatable bonds is 5. The molecule has 0 aromatic heterocycles. The van der Waals surface area contributed by atoms with Crippen molar-refractivity contribution >= 4 is 5.91 Å². The first-order valence-corrected chi connectivity index (χ1v) is 5.88. The van der Waals surface area contributed by atoms with E-state index in [9.17, 15) is 13.6 Å². The molecule has 1 amide bonds. The fourth-order valence-corrected chi connectivity index (χ4v) is 1.64. The minimum atomic E-state index is -0.910. The molecule has 3 nitrogen and oxygen atoms in total. The molecule has 1 atom stereocenters. The van der Waals surface area contributed by atoms with E-state index in [0.717, 1.165) is 12.1 Å². The Hall–Kier alpha value is -1.49. The van der Waals surface area contributed by atoms with Crippen LogP contribution in [0.2, 0.25) is 0 Å². The number of amides is 1. The van der Waals surface area contributed by atoms with Crippen molar-refractivity contribution in [2.24, 2.45) is 11.7 Å². The average molecular weight is 256 g/mol. The van der Waals surface area contributed by atoms with Crippen LogP contribution in [0.4, 0.5) is 8.78 Å². The molecule has 0 saturated heterocycles. The predicted octanol–water partition coefficient (Wildman–Crippen LogP) is 1.61. The number of carbonyl (C=O) groups is 1. The lowest BCUT2D eigenvalue weighted by Crippen LogP contribution is -2.39. The van der Waals surface area contributed by atoms with Gasteiger partial charge < -0.3 is 11.1 Å². The molecule has 5 heteroatoms. The van der Waals surface area contributed by atoms with Crippen molar-refractivity contribution in [1.82, 2.24) is 5.32 Å². The van der Waals surface area contributed by atoms with Crippen molar-refractivity contribution in [2.45, 2.75) is 26.3 Å². The molecule has 0 fully saturated rings. The standard InChI is InChI=1S/C13H18F2N2O/c1-8(2)17-13(18)10(7-16)5-9-3-4-11(14)12(15)6-9/h3-4,6,8,10H,5,7,16H2,1-2H3,(H,17,18). The van der Waals surface area contributed by atoms with E-state index in [2.05, 4.69) is 5.32 Å². The second kappa shape index (κ2) is 6.44. The van der Waals surface area contributed by atoms with E-state index < -0.39 is 17.6 Å². The smallest absolute Gasteiger partial charge is 0.224 e. The van der Waals surface area contributed by atoms with Crippen LogP contribution in [0, 0.1) is 17.6 Å². The molecule has 3 N–H and O–H groups in total. The molecule has 0 aliphatic heterocycles. The van der Waals surface area contributed by atoms with Gasteiger partial charge in [0.1, 0.15) is 0 Å². The van der Waals surface area contributed by atoms with Crippen molar-refractivity contribution in [3.63, 3.8) is 0 Å². The Balaban J connectivity index is 2.73. The van der Waals surface area contributed by atoms with Gasteiger partial charge in [0.05, 0.1) is 5.92 Å². The highest BCUT2D eigenvalue weighted by Crippen LogP contribution is 2.13. The fraction of sp³-hybridized carbons (Fsp3) is 0.462. The third-order valence-corrected chi connectivity index (χ3v) is 2.55. The summed E-state index contributed by atoms with van der Waals surface area (Å²) in [5, 5.41) is 2.75. The molecule has 100 valence electrons. The SMILES string of the molecule is CC(C)NC(=O)C(CN)Cc1ccc(F)c(F)c1. The van der Waals surface area contributed by atoms with Crippen molar-refractivity contribution in [3.05, 3.63) is 35.4 Å². The summed E-state index contributed by atoms with van der Waals surface area (Å²) in [5.41, 5.74) is 6.10. The lowest BCUT2D eigenvalue weighted by atomic mass is 9.98. The van der Waals surface area contributed by atoms with Gasteiger partial charge in [-0.1, -0.05) is 6.07 Å². The highest BCUT2D eigenvalue weighted by molar-refractivity contribution is 5.79. The summed E-state index contributed by atoms with van der Waals surface area (Å²) < 4.78 is 25.8. The number of halogens is 2. The minimum absolute atomic E-state index is 0.0245. The molecule has 1 aromatic carbocycles. The van der Waals surface area contributed by atoms with E-state index in [0.29, 0.717) is 12.0 Å². The molecular weight excluding hydrogens is 238 g/mol. The maximum atomic E-state index is 13.0. The van der Waals surface area contributed by atoms with Crippen molar-refractivity contribution in [3.8, 4) is 0 Å². The van der Waals surface area contributed by atoms with Gasteiger partial charge in [0.15, 0.2) is 11.6 Å². The quantitative estimate of drug-likeness (QED) is 0.841. The summed E-state index contributed by atoms with van der Waals surface area (Å²) in [7, 11) is 0. The predicted molar refractivity (Wildman–Crippen MR) is 65.9 cm³/mol. The zero-order valence-electron chi connectivity index (χ0n) is 10.5. The topological polar surface area (TPSA) is 55.1 Å². The van der Waals surface area contributed by atoms with E-state index >= 15 is 0 Å². The molecule has 0 aliphatic carbocycles. The lowest BCUT2D eigenvalue weighted by Gasteiger charge is -2.17. The van der Waals surface area contributed by atoms with Gasteiger partial charge in [0.25, 0.3) is 0 Å². The number of hydrogen-bond donors (Lipinski definition) is 2. The first kappa shape index (κ1) is 14.6. The number of carbonyl (C=O) groups excluding carboxylic acids is 1. The largest absolute Gasteiger partial charge is 0.354 e. The van der Waals surface area contributed by atoms with Crippen molar-refractivity contribution in [1.29, 1.82) is 0 Å². The van der Waals surface area contributed by atoms with Crippen LogP contribution in [0.25, 0.3) is 0 Å². The summed E-state index contributed by atoms with van der Waals surface area (Å²) in [5.74, 6) is -2.41. The van der Waals surface area contributed by atoms with Gasteiger partial charge in [0, 0.05) is 12.6 Å². The summed E-state index contributed by atoms with van der Waals surface area (Å²) >= 11 is 0. The number of benzene rings is 1. The first-order chi connectivity index (χ1) is 8.43. The minimum Gasteiger partial charge on any atom is -0.354 e. The van der Waals surface area contributed by atoms with Crippen molar-refractivity contribution < 1.29 is 13.6 Å². The summed E-state index contributed by atoms with van der Waals surface area (Å²) in [6, 6.07) is 3.64. The molecule has 0 radical (unpaired) electrons. The van der Waals surface area contributed by atoms with E-state index in [1.807, 2.05) is 13.8 Å². The fourth-order valence-electron chi connectivity index (χ4n) is 1.64. The molecule has 1 aromatic rings. The van der Waals surface area contributed by atoms with E-state index in [1.54, 1.807) is 0 Å². The Bertz CT molecular complexity index is 421. The Morgan fingerprint density at radius 1 is 1.33 bits per heavy atom. The lowest BCUT2D eigenvalue weighted by molar-refractivity contribution is -0.125. The molecule has 0 bridgehead atoms. The number of hydrogen-bond acceptors (Lipinski definition) is 2. The van der Waals surface area contributed by atoms with Crippen LogP contribution in [-0.4, -0.2) is 18.5 Å². The highest BCUT2D eigenvalue weighted by atomic mass is 19.2. The Labute approximate surface area is 105 Å². The zero-order chi connectivity index (χ0) is 13.7. The van der Waals surface area contributed by atoms with Gasteiger partial charge in [-0.2, -0.15) is 0 Å². The third-order valence-electron chi connectivity index (χ3n) is 2.55. The molecule has 0 spiro atoms. The van der Waals surface area contributed by atoms with Gasteiger partial charge in [-0.15, -0.1) is 0 Å². The second-order valence-corrected chi connectivity index (χ2v) is 4.55. The van der Waals surface area contributed by atoms with Crippen LogP contribution in [0.3, 0.4) is 0 Å². The third kappa shape index (κ3) is 4.07. The molecule has 0 heterocycles. The van der Waals surface area contributed by atoms with Crippen LogP contribution in [0.15, 0.2) is 18.2 Å². The molecule has 18 heavy (non-hydrogen) atoms. The molecule has 0 aliphatic rings. The normalized spacial score (nSPS) is 12.6. The van der Waals surface area contributed by atoms with E-state index in [-0.39, 0.29) is 18.5 Å². The Morgan fingerprint density at radius 3 is 2.50 bits per heavy atom. The highest BCUT2D eigenvalue weighted by Gasteiger charge is 2.18. The maximum Gasteiger partial charge on any atom is 0.224 e. The van der Waals surface area contributed by atoms with Gasteiger partial charge in [-0.3, -0.25) is 4.79 Å². The molecule has 1 unspecified atom stereocenters.